The lowest BCUT2D eigenvalue weighted by Gasteiger charge is -2.15. The Bertz CT molecular complexity index is 2260. The van der Waals surface area contributed by atoms with Crippen molar-refractivity contribution in [1.29, 1.82) is 0 Å². The van der Waals surface area contributed by atoms with Gasteiger partial charge in [0.05, 0.1) is 47.2 Å². The van der Waals surface area contributed by atoms with Crippen LogP contribution in [0, 0.1) is 13.8 Å². The van der Waals surface area contributed by atoms with Crippen LogP contribution in [-0.2, 0) is 37.9 Å². The first-order chi connectivity index (χ1) is 32.4. The van der Waals surface area contributed by atoms with E-state index in [0.717, 1.165) is 11.1 Å². The molecule has 0 radical (unpaired) electrons. The fourth-order valence-corrected chi connectivity index (χ4v) is 5.46. The maximum atomic E-state index is 12.6. The molecule has 0 fully saturated rings. The van der Waals surface area contributed by atoms with Crippen molar-refractivity contribution in [2.24, 2.45) is 0 Å². The van der Waals surface area contributed by atoms with Crippen molar-refractivity contribution in [3.8, 4) is 23.0 Å². The maximum Gasteiger partial charge on any atom is 0.338 e. The van der Waals surface area contributed by atoms with Crippen molar-refractivity contribution in [2.75, 3.05) is 60.2 Å². The molecule has 67 heavy (non-hydrogen) atoms. The predicted molar refractivity (Wildman–Crippen MR) is 242 cm³/mol. The first-order valence-electron chi connectivity index (χ1n) is 21.5. The first kappa shape index (κ1) is 51.0. The van der Waals surface area contributed by atoms with Gasteiger partial charge in [0.1, 0.15) is 49.4 Å². The number of hydrogen-bond acceptors (Lipinski definition) is 16. The lowest BCUT2D eigenvalue weighted by atomic mass is 10.1. The van der Waals surface area contributed by atoms with Gasteiger partial charge in [-0.2, -0.15) is 0 Å². The Morgan fingerprint density at radius 2 is 0.627 bits per heavy atom. The van der Waals surface area contributed by atoms with Gasteiger partial charge >= 0.3 is 23.9 Å². The van der Waals surface area contributed by atoms with Crippen LogP contribution < -0.4 is 18.9 Å². The zero-order chi connectivity index (χ0) is 47.8. The monoisotopic (exact) mass is 924 g/mol. The summed E-state index contributed by atoms with van der Waals surface area (Å²) in [4.78, 5) is 49.7. The SMILES string of the molecule is Cc1ccc(OCOC(C)COC(=O)c2ccc(OCOC(C)COC(=O)c3ccc(OCOC(C)COC(=O)c4ccc(OCOCCOC(=O)c5ccc(C)cc5)cc4)cc3)cc2)cc1. The minimum Gasteiger partial charge on any atom is -0.468 e. The summed E-state index contributed by atoms with van der Waals surface area (Å²) in [5.74, 6) is 0.0835. The molecule has 0 saturated heterocycles. The second kappa shape index (κ2) is 27.5. The predicted octanol–water partition coefficient (Wildman–Crippen LogP) is 8.31. The highest BCUT2D eigenvalue weighted by Gasteiger charge is 2.15. The fourth-order valence-electron chi connectivity index (χ4n) is 5.46. The van der Waals surface area contributed by atoms with E-state index >= 15 is 0 Å². The molecule has 0 bridgehead atoms. The molecular weight excluding hydrogens is 869 g/mol. The number of aryl methyl sites for hydroxylation is 2. The molecule has 0 N–H and O–H groups in total. The van der Waals surface area contributed by atoms with Crippen molar-refractivity contribution >= 4 is 23.9 Å². The summed E-state index contributed by atoms with van der Waals surface area (Å²) in [7, 11) is 0. The minimum absolute atomic E-state index is 0.0167. The van der Waals surface area contributed by atoms with E-state index in [9.17, 15) is 19.2 Å². The highest BCUT2D eigenvalue weighted by atomic mass is 16.7. The number of esters is 4. The fraction of sp³-hybridized carbons (Fsp3) is 0.333. The average molecular weight is 925 g/mol. The van der Waals surface area contributed by atoms with Gasteiger partial charge in [0.15, 0.2) is 27.2 Å². The molecule has 16 heteroatoms. The average Bonchev–Trinajstić information content (AvgIpc) is 3.34. The van der Waals surface area contributed by atoms with E-state index in [2.05, 4.69) is 0 Å². The second-order valence-corrected chi connectivity index (χ2v) is 15.1. The number of hydrogen-bond donors (Lipinski definition) is 0. The number of carbonyl (C=O) groups excluding carboxylic acids is 4. The van der Waals surface area contributed by atoms with E-state index in [1.165, 1.54) is 0 Å². The van der Waals surface area contributed by atoms with Crippen LogP contribution in [0.3, 0.4) is 0 Å². The molecule has 5 aromatic carbocycles. The van der Waals surface area contributed by atoms with Crippen LogP contribution in [0.25, 0.3) is 0 Å². The largest absolute Gasteiger partial charge is 0.468 e. The maximum absolute atomic E-state index is 12.6. The Morgan fingerprint density at radius 3 is 0.970 bits per heavy atom. The van der Waals surface area contributed by atoms with Gasteiger partial charge in [-0.1, -0.05) is 35.4 Å². The highest BCUT2D eigenvalue weighted by molar-refractivity contribution is 5.91. The Hall–Kier alpha value is -6.98. The molecule has 3 atom stereocenters. The Morgan fingerprint density at radius 1 is 0.358 bits per heavy atom. The molecular formula is C51H56O16. The van der Waals surface area contributed by atoms with E-state index in [4.69, 9.17) is 56.8 Å². The summed E-state index contributed by atoms with van der Waals surface area (Å²) in [6, 6.07) is 33.8. The van der Waals surface area contributed by atoms with Crippen molar-refractivity contribution in [3.05, 3.63) is 155 Å². The second-order valence-electron chi connectivity index (χ2n) is 15.1. The van der Waals surface area contributed by atoms with Gasteiger partial charge in [-0.25, -0.2) is 19.2 Å². The molecule has 5 rings (SSSR count). The van der Waals surface area contributed by atoms with Crippen molar-refractivity contribution in [3.63, 3.8) is 0 Å². The summed E-state index contributed by atoms with van der Waals surface area (Å²) in [6.07, 6.45) is -1.32. The molecule has 0 saturated carbocycles. The number of ether oxygens (including phenoxy) is 12. The Labute approximate surface area is 389 Å². The van der Waals surface area contributed by atoms with Crippen molar-refractivity contribution in [2.45, 2.75) is 52.9 Å². The molecule has 16 nitrogen and oxygen atoms in total. The molecule has 356 valence electrons. The number of rotatable bonds is 28. The summed E-state index contributed by atoms with van der Waals surface area (Å²) in [6.45, 7) is 9.16. The minimum atomic E-state index is -0.546. The molecule has 5 aromatic rings. The quantitative estimate of drug-likeness (QED) is 0.0202. The molecule has 3 unspecified atom stereocenters. The lowest BCUT2D eigenvalue weighted by molar-refractivity contribution is -0.0548. The van der Waals surface area contributed by atoms with Crippen LogP contribution in [-0.4, -0.2) is 102 Å². The first-order valence-corrected chi connectivity index (χ1v) is 21.5. The van der Waals surface area contributed by atoms with Crippen LogP contribution in [0.4, 0.5) is 0 Å². The number of benzene rings is 5. The summed E-state index contributed by atoms with van der Waals surface area (Å²) >= 11 is 0. The molecule has 0 aromatic heterocycles. The van der Waals surface area contributed by atoms with Gasteiger partial charge in [0, 0.05) is 0 Å². The third-order valence-corrected chi connectivity index (χ3v) is 9.43. The zero-order valence-electron chi connectivity index (χ0n) is 38.2. The van der Waals surface area contributed by atoms with Gasteiger partial charge in [-0.05, 0) is 132 Å². The summed E-state index contributed by atoms with van der Waals surface area (Å²) < 4.78 is 65.8. The number of carbonyl (C=O) groups is 4. The van der Waals surface area contributed by atoms with E-state index in [1.54, 1.807) is 106 Å². The van der Waals surface area contributed by atoms with Crippen molar-refractivity contribution < 1.29 is 76.0 Å². The van der Waals surface area contributed by atoms with Gasteiger partial charge in [0.2, 0.25) is 0 Å². The van der Waals surface area contributed by atoms with E-state index in [0.29, 0.717) is 45.3 Å². The van der Waals surface area contributed by atoms with Crippen LogP contribution in [0.5, 0.6) is 23.0 Å². The molecule has 0 aliphatic rings. The third-order valence-electron chi connectivity index (χ3n) is 9.43. The summed E-state index contributed by atoms with van der Waals surface area (Å²) in [5.41, 5.74) is 3.64. The Balaban J connectivity index is 0.868. The molecule has 0 aliphatic heterocycles. The zero-order valence-corrected chi connectivity index (χ0v) is 38.2. The summed E-state index contributed by atoms with van der Waals surface area (Å²) in [5, 5.41) is 0. The van der Waals surface area contributed by atoms with Gasteiger partial charge in [0.25, 0.3) is 0 Å². The van der Waals surface area contributed by atoms with Crippen LogP contribution in [0.15, 0.2) is 121 Å². The molecule has 0 spiro atoms. The molecule has 0 heterocycles. The Kier molecular flexibility index (Phi) is 20.9. The normalized spacial score (nSPS) is 12.2. The molecule has 0 aliphatic carbocycles. The topological polar surface area (TPSA) is 179 Å². The van der Waals surface area contributed by atoms with Crippen LogP contribution in [0.1, 0.15) is 73.3 Å². The van der Waals surface area contributed by atoms with Gasteiger partial charge < -0.3 is 56.8 Å². The smallest absolute Gasteiger partial charge is 0.338 e. The van der Waals surface area contributed by atoms with Gasteiger partial charge in [-0.15, -0.1) is 0 Å². The van der Waals surface area contributed by atoms with Crippen LogP contribution in [0.2, 0.25) is 0 Å². The van der Waals surface area contributed by atoms with E-state index < -0.39 is 36.1 Å². The standard InChI is InChI=1S/C51H56O16/c1-35-6-10-40(11-7-35)48(52)57-27-26-56-31-64-45-20-12-41(13-21-45)49(53)58-29-38(4)62-33-66-47-24-16-43(17-25-47)51(55)60-30-39(5)63-34-67-46-22-14-42(15-23-46)50(54)59-28-37(3)61-32-65-44-18-8-36(2)9-19-44/h6-25,37-39H,26-34H2,1-5H3. The third kappa shape index (κ3) is 18.8. The van der Waals surface area contributed by atoms with Gasteiger partial charge in [-0.3, -0.25) is 0 Å². The van der Waals surface area contributed by atoms with E-state index in [-0.39, 0.29) is 66.3 Å². The molecule has 0 amide bonds. The lowest BCUT2D eigenvalue weighted by Crippen LogP contribution is -2.21. The van der Waals surface area contributed by atoms with E-state index in [1.807, 2.05) is 50.2 Å². The van der Waals surface area contributed by atoms with Crippen LogP contribution >= 0.6 is 0 Å². The van der Waals surface area contributed by atoms with Crippen molar-refractivity contribution in [1.82, 2.24) is 0 Å². The highest BCUT2D eigenvalue weighted by Crippen LogP contribution is 2.17.